The monoisotopic (exact) mass is 186 g/mol. The predicted molar refractivity (Wildman–Crippen MR) is 55.9 cm³/mol. The number of nitriles is 1. The lowest BCUT2D eigenvalue weighted by Crippen LogP contribution is -2.27. The molecule has 1 aliphatic rings. The highest BCUT2D eigenvalue weighted by Gasteiger charge is 1.91. The van der Waals surface area contributed by atoms with Crippen LogP contribution in [0.15, 0.2) is 53.2 Å². The Bertz CT molecular complexity index is 377. The molecule has 0 saturated heterocycles. The highest BCUT2D eigenvalue weighted by molar-refractivity contribution is 5.80. The van der Waals surface area contributed by atoms with Crippen LogP contribution in [-0.2, 0) is 0 Å². The van der Waals surface area contributed by atoms with Crippen molar-refractivity contribution < 1.29 is 0 Å². The fourth-order valence-electron chi connectivity index (χ4n) is 0.855. The van der Waals surface area contributed by atoms with E-state index in [0.717, 1.165) is 0 Å². The lowest BCUT2D eigenvalue weighted by molar-refractivity contribution is 1.20. The number of rotatable bonds is 1. The molecule has 0 fully saturated rings. The fraction of sp³-hybridized carbons (Fsp3) is 0. The Balaban J connectivity index is 2.78. The number of nitrogens with one attached hydrogen (secondary N) is 1. The van der Waals surface area contributed by atoms with Gasteiger partial charge in [-0.1, -0.05) is 30.4 Å². The van der Waals surface area contributed by atoms with Crippen LogP contribution in [0.2, 0.25) is 0 Å². The molecule has 0 radical (unpaired) electrons. The second-order valence-corrected chi connectivity index (χ2v) is 2.45. The van der Waals surface area contributed by atoms with Crippen molar-refractivity contribution in [3.63, 3.8) is 0 Å². The Kier molecular flexibility index (Phi) is 3.77. The van der Waals surface area contributed by atoms with Gasteiger partial charge in [0.15, 0.2) is 6.19 Å². The van der Waals surface area contributed by atoms with Crippen molar-refractivity contribution in [2.24, 2.45) is 10.7 Å². The van der Waals surface area contributed by atoms with Gasteiger partial charge in [-0.2, -0.15) is 5.26 Å². The summed E-state index contributed by atoms with van der Waals surface area (Å²) < 4.78 is 0. The van der Waals surface area contributed by atoms with E-state index in [2.05, 4.69) is 10.3 Å². The number of nitrogens with zero attached hydrogens (tertiary/aromatic N) is 2. The quantitative estimate of drug-likeness (QED) is 0.277. The SMILES string of the molecule is N#CNC(N)=NC1=C/C=C\C=C/C=C\1. The summed E-state index contributed by atoms with van der Waals surface area (Å²) in [5, 5.41) is 10.5. The van der Waals surface area contributed by atoms with Crippen LogP contribution in [0, 0.1) is 11.5 Å². The van der Waals surface area contributed by atoms with E-state index in [-0.39, 0.29) is 5.96 Å². The lowest BCUT2D eigenvalue weighted by Gasteiger charge is -1.97. The van der Waals surface area contributed by atoms with Gasteiger partial charge in [0.25, 0.3) is 0 Å². The van der Waals surface area contributed by atoms with Gasteiger partial charge in [0, 0.05) is 0 Å². The van der Waals surface area contributed by atoms with Crippen LogP contribution in [0.4, 0.5) is 0 Å². The first kappa shape index (κ1) is 9.81. The van der Waals surface area contributed by atoms with Crippen LogP contribution in [0.1, 0.15) is 0 Å². The van der Waals surface area contributed by atoms with Gasteiger partial charge in [-0.25, -0.2) is 4.99 Å². The summed E-state index contributed by atoms with van der Waals surface area (Å²) >= 11 is 0. The minimum absolute atomic E-state index is 0.0846. The molecule has 14 heavy (non-hydrogen) atoms. The van der Waals surface area contributed by atoms with Crippen LogP contribution < -0.4 is 11.1 Å². The summed E-state index contributed by atoms with van der Waals surface area (Å²) in [6, 6.07) is 0. The third-order valence-corrected chi connectivity index (χ3v) is 1.41. The summed E-state index contributed by atoms with van der Waals surface area (Å²) in [6.45, 7) is 0. The molecule has 0 aromatic heterocycles. The van der Waals surface area contributed by atoms with Gasteiger partial charge < -0.3 is 5.73 Å². The average molecular weight is 186 g/mol. The van der Waals surface area contributed by atoms with Crippen molar-refractivity contribution in [2.75, 3.05) is 0 Å². The smallest absolute Gasteiger partial charge is 0.207 e. The molecule has 4 nitrogen and oxygen atoms in total. The molecule has 0 spiro atoms. The standard InChI is InChI=1S/C10H10N4/c11-8-13-10(12)14-9-6-4-2-1-3-5-7-9/h1-7H,(H3,12,13,14)/b2-1-,3-1?,4-2?,5-3-,6-4-,7-5?,9-6?,9-7+. The van der Waals surface area contributed by atoms with Gasteiger partial charge >= 0.3 is 0 Å². The molecule has 0 saturated carbocycles. The minimum atomic E-state index is 0.0846. The average Bonchev–Trinajstić information content (AvgIpc) is 2.10. The van der Waals surface area contributed by atoms with Crippen LogP contribution >= 0.6 is 0 Å². The number of guanidine groups is 1. The normalized spacial score (nSPS) is 25.9. The van der Waals surface area contributed by atoms with E-state index >= 15 is 0 Å². The molecule has 0 heterocycles. The molecule has 1 aliphatic carbocycles. The highest BCUT2D eigenvalue weighted by Crippen LogP contribution is 2.02. The van der Waals surface area contributed by atoms with Gasteiger partial charge in [-0.05, 0) is 12.2 Å². The zero-order chi connectivity index (χ0) is 10.2. The molecule has 0 unspecified atom stereocenters. The molecular weight excluding hydrogens is 176 g/mol. The number of nitrogens with two attached hydrogens (primary N) is 1. The fourth-order valence-corrected chi connectivity index (χ4v) is 0.855. The van der Waals surface area contributed by atoms with Crippen molar-refractivity contribution in [3.05, 3.63) is 48.2 Å². The Labute approximate surface area is 82.4 Å². The predicted octanol–water partition coefficient (Wildman–Crippen LogP) is 0.938. The Morgan fingerprint density at radius 1 is 1.29 bits per heavy atom. The topological polar surface area (TPSA) is 74.2 Å². The van der Waals surface area contributed by atoms with E-state index < -0.39 is 0 Å². The number of hydrogen-bond acceptors (Lipinski definition) is 2. The molecule has 0 aromatic carbocycles. The van der Waals surface area contributed by atoms with Crippen LogP contribution in [-0.4, -0.2) is 5.96 Å². The molecule has 0 bridgehead atoms. The highest BCUT2D eigenvalue weighted by atomic mass is 15.1. The maximum Gasteiger partial charge on any atom is 0.207 e. The van der Waals surface area contributed by atoms with Gasteiger partial charge in [-0.3, -0.25) is 5.32 Å². The van der Waals surface area contributed by atoms with Crippen molar-refractivity contribution >= 4 is 5.96 Å². The first-order chi connectivity index (χ1) is 6.83. The summed E-state index contributed by atoms with van der Waals surface area (Å²) in [5.41, 5.74) is 6.09. The third-order valence-electron chi connectivity index (χ3n) is 1.41. The summed E-state index contributed by atoms with van der Waals surface area (Å²) in [6.07, 6.45) is 14.7. The second kappa shape index (κ2) is 5.38. The van der Waals surface area contributed by atoms with E-state index in [1.54, 1.807) is 18.3 Å². The number of aliphatic imine (C=N–C) groups is 1. The first-order valence-electron chi connectivity index (χ1n) is 4.04. The minimum Gasteiger partial charge on any atom is -0.369 e. The van der Waals surface area contributed by atoms with E-state index in [9.17, 15) is 0 Å². The third kappa shape index (κ3) is 3.41. The maximum atomic E-state index is 8.28. The Hall–Kier alpha value is -2.28. The molecule has 0 amide bonds. The summed E-state index contributed by atoms with van der Waals surface area (Å²) in [5.74, 6) is 0.0846. The van der Waals surface area contributed by atoms with Gasteiger partial charge in [0.2, 0.25) is 5.96 Å². The zero-order valence-corrected chi connectivity index (χ0v) is 7.51. The Morgan fingerprint density at radius 2 is 2.00 bits per heavy atom. The molecule has 0 aromatic rings. The van der Waals surface area contributed by atoms with Gasteiger partial charge in [0.1, 0.15) is 0 Å². The molecule has 70 valence electrons. The van der Waals surface area contributed by atoms with Crippen molar-refractivity contribution in [1.29, 1.82) is 5.26 Å². The Morgan fingerprint density at radius 3 is 2.79 bits per heavy atom. The molecule has 0 aliphatic heterocycles. The molecule has 4 heteroatoms. The lowest BCUT2D eigenvalue weighted by atomic mass is 10.3. The molecule has 3 N–H and O–H groups in total. The van der Waals surface area contributed by atoms with E-state index in [1.165, 1.54) is 0 Å². The van der Waals surface area contributed by atoms with E-state index in [4.69, 9.17) is 11.0 Å². The van der Waals surface area contributed by atoms with Crippen LogP contribution in [0.25, 0.3) is 0 Å². The van der Waals surface area contributed by atoms with E-state index in [1.807, 2.05) is 30.4 Å². The molecule has 1 rings (SSSR count). The summed E-state index contributed by atoms with van der Waals surface area (Å²) in [4.78, 5) is 3.98. The van der Waals surface area contributed by atoms with Crippen LogP contribution in [0.5, 0.6) is 0 Å². The largest absolute Gasteiger partial charge is 0.369 e. The number of allylic oxidation sites excluding steroid dienone is 7. The first-order valence-corrected chi connectivity index (χ1v) is 4.04. The molecule has 0 atom stereocenters. The van der Waals surface area contributed by atoms with Crippen molar-refractivity contribution in [3.8, 4) is 6.19 Å². The van der Waals surface area contributed by atoms with Crippen molar-refractivity contribution in [1.82, 2.24) is 5.32 Å². The van der Waals surface area contributed by atoms with Crippen molar-refractivity contribution in [2.45, 2.75) is 0 Å². The maximum absolute atomic E-state index is 8.28. The molecular formula is C10H10N4. The second-order valence-electron chi connectivity index (χ2n) is 2.45. The van der Waals surface area contributed by atoms with Crippen LogP contribution in [0.3, 0.4) is 0 Å². The van der Waals surface area contributed by atoms with Gasteiger partial charge in [0.05, 0.1) is 5.70 Å². The summed E-state index contributed by atoms with van der Waals surface area (Å²) in [7, 11) is 0. The number of hydrogen-bond donors (Lipinski definition) is 2. The van der Waals surface area contributed by atoms with E-state index in [0.29, 0.717) is 5.70 Å². The zero-order valence-electron chi connectivity index (χ0n) is 7.51. The van der Waals surface area contributed by atoms with Gasteiger partial charge in [-0.15, -0.1) is 0 Å².